The molecule has 1 aromatic rings. The Morgan fingerprint density at radius 3 is 2.69 bits per heavy atom. The molecule has 0 aromatic heterocycles. The van der Waals surface area contributed by atoms with E-state index in [9.17, 15) is 4.79 Å². The van der Waals surface area contributed by atoms with Gasteiger partial charge in [0.05, 0.1) is 5.56 Å². The summed E-state index contributed by atoms with van der Waals surface area (Å²) in [6.07, 6.45) is 3.67. The van der Waals surface area contributed by atoms with Crippen molar-refractivity contribution in [3.8, 4) is 0 Å². The second-order valence-electron chi connectivity index (χ2n) is 4.68. The minimum Gasteiger partial charge on any atom is -0.364 e. The molecule has 3 heteroatoms. The van der Waals surface area contributed by atoms with Crippen LogP contribution >= 0.6 is 0 Å². The zero-order valence-electron chi connectivity index (χ0n) is 9.13. The molecule has 0 amide bonds. The van der Waals surface area contributed by atoms with Gasteiger partial charge in [-0.3, -0.25) is 0 Å². The Morgan fingerprint density at radius 2 is 2.06 bits per heavy atom. The van der Waals surface area contributed by atoms with E-state index in [4.69, 9.17) is 4.84 Å². The Morgan fingerprint density at radius 1 is 1.25 bits per heavy atom. The molecule has 16 heavy (non-hydrogen) atoms. The quantitative estimate of drug-likeness (QED) is 0.761. The van der Waals surface area contributed by atoms with Gasteiger partial charge in [0.2, 0.25) is 0 Å². The average molecular weight is 217 g/mol. The van der Waals surface area contributed by atoms with Gasteiger partial charge in [-0.05, 0) is 37.3 Å². The first-order valence-corrected chi connectivity index (χ1v) is 5.87. The lowest BCUT2D eigenvalue weighted by atomic mass is 10.1. The van der Waals surface area contributed by atoms with Crippen LogP contribution in [-0.4, -0.2) is 23.6 Å². The molecule has 3 rings (SSSR count). The number of piperidine rings is 1. The lowest BCUT2D eigenvalue weighted by Gasteiger charge is -2.24. The van der Waals surface area contributed by atoms with Crippen LogP contribution in [0.3, 0.4) is 0 Å². The lowest BCUT2D eigenvalue weighted by Crippen LogP contribution is -2.34. The van der Waals surface area contributed by atoms with Crippen LogP contribution in [-0.2, 0) is 4.84 Å². The van der Waals surface area contributed by atoms with Crippen molar-refractivity contribution in [3.63, 3.8) is 0 Å². The number of hydrogen-bond acceptors (Lipinski definition) is 3. The second-order valence-corrected chi connectivity index (χ2v) is 4.68. The molecular weight excluding hydrogens is 202 g/mol. The molecule has 2 bridgehead atoms. The van der Waals surface area contributed by atoms with Crippen LogP contribution in [0, 0.1) is 5.92 Å². The largest absolute Gasteiger partial charge is 0.364 e. The normalized spacial score (nSPS) is 28.2. The van der Waals surface area contributed by atoms with Crippen molar-refractivity contribution in [1.82, 2.24) is 5.06 Å². The van der Waals surface area contributed by atoms with Crippen molar-refractivity contribution >= 4 is 5.97 Å². The van der Waals surface area contributed by atoms with Gasteiger partial charge in [0, 0.05) is 12.6 Å². The number of hydroxylamine groups is 2. The van der Waals surface area contributed by atoms with Crippen molar-refractivity contribution in [2.24, 2.45) is 5.92 Å². The Labute approximate surface area is 95.0 Å². The molecule has 1 aliphatic carbocycles. The summed E-state index contributed by atoms with van der Waals surface area (Å²) in [6.45, 7) is 0.920. The van der Waals surface area contributed by atoms with Crippen LogP contribution in [0.15, 0.2) is 30.3 Å². The van der Waals surface area contributed by atoms with E-state index in [-0.39, 0.29) is 5.97 Å². The number of hydrogen-bond donors (Lipinski definition) is 0. The van der Waals surface area contributed by atoms with Gasteiger partial charge in [0.1, 0.15) is 0 Å². The van der Waals surface area contributed by atoms with Crippen LogP contribution < -0.4 is 0 Å². The van der Waals surface area contributed by atoms with Crippen LogP contribution in [0.1, 0.15) is 29.6 Å². The summed E-state index contributed by atoms with van der Waals surface area (Å²) in [5.41, 5.74) is 0.630. The van der Waals surface area contributed by atoms with E-state index in [2.05, 4.69) is 0 Å². The van der Waals surface area contributed by atoms with Gasteiger partial charge in [-0.2, -0.15) is 0 Å². The predicted octanol–water partition coefficient (Wildman–Crippen LogP) is 2.24. The van der Waals surface area contributed by atoms with Crippen LogP contribution in [0.2, 0.25) is 0 Å². The van der Waals surface area contributed by atoms with E-state index in [1.54, 1.807) is 12.1 Å². The molecule has 0 radical (unpaired) electrons. The van der Waals surface area contributed by atoms with Gasteiger partial charge >= 0.3 is 5.97 Å². The number of fused-ring (bicyclic) bond motifs is 2. The molecular formula is C13H15NO2. The number of nitrogens with zero attached hydrogens (tertiary/aromatic N) is 1. The molecule has 3 nitrogen and oxygen atoms in total. The molecule has 1 aromatic carbocycles. The molecule has 0 N–H and O–H groups in total. The molecule has 1 saturated carbocycles. The molecule has 1 aliphatic heterocycles. The van der Waals surface area contributed by atoms with Gasteiger partial charge in [0.15, 0.2) is 0 Å². The van der Waals surface area contributed by atoms with E-state index < -0.39 is 0 Å². The van der Waals surface area contributed by atoms with Crippen molar-refractivity contribution in [3.05, 3.63) is 35.9 Å². The first-order chi connectivity index (χ1) is 7.83. The average Bonchev–Trinajstić information content (AvgIpc) is 2.92. The minimum atomic E-state index is -0.229. The maximum absolute atomic E-state index is 11.8. The summed E-state index contributed by atoms with van der Waals surface area (Å²) in [7, 11) is 0. The molecule has 84 valence electrons. The molecule has 1 heterocycles. The Balaban J connectivity index is 1.65. The lowest BCUT2D eigenvalue weighted by molar-refractivity contribution is -0.128. The van der Waals surface area contributed by atoms with E-state index in [1.165, 1.54) is 19.3 Å². The van der Waals surface area contributed by atoms with Crippen molar-refractivity contribution in [2.45, 2.75) is 25.3 Å². The molecule has 1 saturated heterocycles. The standard InChI is InChI=1S/C13H15NO2/c15-13(11-4-2-1-3-5-11)16-14-9-10-6-7-12(14)8-10/h1-5,10,12H,6-9H2. The summed E-state index contributed by atoms with van der Waals surface area (Å²) < 4.78 is 0. The molecule has 2 unspecified atom stereocenters. The van der Waals surface area contributed by atoms with Crippen molar-refractivity contribution < 1.29 is 9.63 Å². The fourth-order valence-corrected chi connectivity index (χ4v) is 2.72. The summed E-state index contributed by atoms with van der Waals surface area (Å²) in [5.74, 6) is 0.515. The minimum absolute atomic E-state index is 0.229. The highest BCUT2D eigenvalue weighted by Crippen LogP contribution is 2.37. The summed E-state index contributed by atoms with van der Waals surface area (Å²) in [6, 6.07) is 9.65. The third-order valence-electron chi connectivity index (χ3n) is 3.57. The zero-order valence-corrected chi connectivity index (χ0v) is 9.13. The molecule has 0 spiro atoms. The zero-order chi connectivity index (χ0) is 11.0. The first-order valence-electron chi connectivity index (χ1n) is 5.87. The summed E-state index contributed by atoms with van der Waals surface area (Å²) in [5, 5.41) is 1.88. The van der Waals surface area contributed by atoms with Crippen LogP contribution in [0.4, 0.5) is 0 Å². The smallest absolute Gasteiger partial charge is 0.357 e. The molecule has 2 aliphatic rings. The summed E-state index contributed by atoms with van der Waals surface area (Å²) in [4.78, 5) is 17.2. The summed E-state index contributed by atoms with van der Waals surface area (Å²) >= 11 is 0. The van der Waals surface area contributed by atoms with Gasteiger partial charge in [-0.25, -0.2) is 4.79 Å². The van der Waals surface area contributed by atoms with Crippen molar-refractivity contribution in [2.75, 3.05) is 6.54 Å². The monoisotopic (exact) mass is 217 g/mol. The molecule has 2 fully saturated rings. The maximum Gasteiger partial charge on any atom is 0.357 e. The number of carbonyl (C=O) groups is 1. The SMILES string of the molecule is O=C(ON1CC2CCC1C2)c1ccccc1. The van der Waals surface area contributed by atoms with E-state index in [0.717, 1.165) is 12.5 Å². The van der Waals surface area contributed by atoms with Gasteiger partial charge in [-0.1, -0.05) is 18.2 Å². The van der Waals surface area contributed by atoms with E-state index in [0.29, 0.717) is 11.6 Å². The third-order valence-corrected chi connectivity index (χ3v) is 3.57. The Kier molecular flexibility index (Phi) is 2.40. The first kappa shape index (κ1) is 9.85. The van der Waals surface area contributed by atoms with Gasteiger partial charge in [-0.15, -0.1) is 5.06 Å². The van der Waals surface area contributed by atoms with E-state index >= 15 is 0 Å². The predicted molar refractivity (Wildman–Crippen MR) is 59.7 cm³/mol. The number of carbonyl (C=O) groups excluding carboxylic acids is 1. The van der Waals surface area contributed by atoms with Crippen molar-refractivity contribution in [1.29, 1.82) is 0 Å². The fourth-order valence-electron chi connectivity index (χ4n) is 2.72. The highest BCUT2D eigenvalue weighted by atomic mass is 16.7. The second kappa shape index (κ2) is 3.91. The Bertz CT molecular complexity index is 390. The van der Waals surface area contributed by atoms with Crippen LogP contribution in [0.5, 0.6) is 0 Å². The fraction of sp³-hybridized carbons (Fsp3) is 0.462. The van der Waals surface area contributed by atoms with Gasteiger partial charge in [0.25, 0.3) is 0 Å². The molecule has 2 atom stereocenters. The van der Waals surface area contributed by atoms with Crippen LogP contribution in [0.25, 0.3) is 0 Å². The number of benzene rings is 1. The number of rotatable bonds is 2. The highest BCUT2D eigenvalue weighted by molar-refractivity contribution is 5.89. The van der Waals surface area contributed by atoms with E-state index in [1.807, 2.05) is 23.3 Å². The van der Waals surface area contributed by atoms with Gasteiger partial charge < -0.3 is 4.84 Å². The topological polar surface area (TPSA) is 29.5 Å². The highest BCUT2D eigenvalue weighted by Gasteiger charge is 2.40. The Hall–Kier alpha value is -1.35. The third kappa shape index (κ3) is 1.71. The maximum atomic E-state index is 11.8.